The van der Waals surface area contributed by atoms with Crippen LogP contribution in [0.2, 0.25) is 0 Å². The highest BCUT2D eigenvalue weighted by atomic mass is 79.9. The Hall–Kier alpha value is -2.31. The maximum atomic E-state index is 14.5. The topological polar surface area (TPSA) is 120 Å². The highest BCUT2D eigenvalue weighted by Gasteiger charge is 2.77. The van der Waals surface area contributed by atoms with E-state index in [2.05, 4.69) is 27.4 Å². The summed E-state index contributed by atoms with van der Waals surface area (Å²) in [6, 6.07) is 7.67. The predicted molar refractivity (Wildman–Crippen MR) is 145 cm³/mol. The number of amides is 2. The number of carbonyl (C=O) groups excluding carboxylic acids is 2. The quantitative estimate of drug-likeness (QED) is 0.280. The van der Waals surface area contributed by atoms with Crippen LogP contribution in [0.1, 0.15) is 12.0 Å². The number of hydrogen-bond acceptors (Lipinski definition) is 7. The molecule has 2 bridgehead atoms. The third-order valence-corrected chi connectivity index (χ3v) is 9.46. The van der Waals surface area contributed by atoms with Crippen LogP contribution in [0.5, 0.6) is 0 Å². The summed E-state index contributed by atoms with van der Waals surface area (Å²) in [5.74, 6) is -3.94. The fraction of sp³-hybridized carbons (Fsp3) is 0.607. The van der Waals surface area contributed by atoms with Gasteiger partial charge in [0.05, 0.1) is 43.8 Å². The Labute approximate surface area is 236 Å². The van der Waals surface area contributed by atoms with Gasteiger partial charge in [-0.1, -0.05) is 52.3 Å². The van der Waals surface area contributed by atoms with E-state index in [1.807, 2.05) is 30.3 Å². The van der Waals surface area contributed by atoms with Crippen molar-refractivity contribution in [2.24, 2.45) is 11.8 Å². The first kappa shape index (κ1) is 28.2. The van der Waals surface area contributed by atoms with Gasteiger partial charge in [-0.15, -0.1) is 6.58 Å². The molecule has 2 amide bonds. The number of carboxylic acid groups (broad SMARTS) is 1. The Morgan fingerprint density at radius 3 is 2.62 bits per heavy atom. The maximum Gasteiger partial charge on any atom is 0.310 e. The van der Waals surface area contributed by atoms with Crippen molar-refractivity contribution in [3.05, 3.63) is 48.6 Å². The summed E-state index contributed by atoms with van der Waals surface area (Å²) in [6.45, 7) is 7.61. The number of rotatable bonds is 11. The molecule has 10 nitrogen and oxygen atoms in total. The van der Waals surface area contributed by atoms with Gasteiger partial charge in [-0.05, 0) is 18.4 Å². The van der Waals surface area contributed by atoms with Crippen molar-refractivity contribution >= 4 is 33.7 Å². The van der Waals surface area contributed by atoms with Crippen LogP contribution in [-0.2, 0) is 30.3 Å². The van der Waals surface area contributed by atoms with E-state index in [9.17, 15) is 24.6 Å². The van der Waals surface area contributed by atoms with Gasteiger partial charge < -0.3 is 29.5 Å². The number of aliphatic hydroxyl groups excluding tert-OH is 1. The number of fused-ring (bicyclic) bond motifs is 1. The lowest BCUT2D eigenvalue weighted by Gasteiger charge is -2.40. The summed E-state index contributed by atoms with van der Waals surface area (Å²) in [5.41, 5.74) is -0.391. The molecule has 4 heterocycles. The lowest BCUT2D eigenvalue weighted by atomic mass is 9.70. The van der Waals surface area contributed by atoms with Crippen molar-refractivity contribution in [1.29, 1.82) is 0 Å². The van der Waals surface area contributed by atoms with E-state index in [4.69, 9.17) is 9.47 Å². The first-order valence-electron chi connectivity index (χ1n) is 13.5. The standard InChI is InChI=1S/C28H36BrN3O7/c1-2-8-31(10-9-30-11-13-38-14-12-30)26(35)24-28-16-20(29)23(39-28)21(27(36)37)22(28)25(34)32(24)19(17-33)15-18-6-4-3-5-7-18/h2-7,19-24,33H,1,8-17H2,(H,36,37)/t19-,20?,21-,22+,23-,24?,28?/m1/s1. The number of aliphatic hydroxyl groups is 1. The monoisotopic (exact) mass is 605 g/mol. The zero-order chi connectivity index (χ0) is 27.7. The summed E-state index contributed by atoms with van der Waals surface area (Å²) >= 11 is 3.58. The van der Waals surface area contributed by atoms with Gasteiger partial charge in [-0.3, -0.25) is 19.3 Å². The number of benzene rings is 1. The van der Waals surface area contributed by atoms with Gasteiger partial charge in [0.15, 0.2) is 0 Å². The molecule has 1 aromatic carbocycles. The van der Waals surface area contributed by atoms with E-state index in [1.54, 1.807) is 11.0 Å². The molecule has 0 aliphatic carbocycles. The number of likely N-dealkylation sites (tertiary alicyclic amines) is 1. The van der Waals surface area contributed by atoms with Gasteiger partial charge in [-0.25, -0.2) is 0 Å². The SMILES string of the molecule is C=CCN(CCN1CCOCC1)C(=O)C1N([C@@H](CO)Cc2ccccc2)C(=O)[C@@H]2[C@@H](C(=O)O)[C@@H]3OC12CC3Br. The average Bonchev–Trinajstić information content (AvgIpc) is 3.54. The van der Waals surface area contributed by atoms with Crippen molar-refractivity contribution in [1.82, 2.24) is 14.7 Å². The first-order chi connectivity index (χ1) is 18.8. The summed E-state index contributed by atoms with van der Waals surface area (Å²) in [4.78, 5) is 46.0. The number of alkyl halides is 1. The number of carbonyl (C=O) groups is 3. The molecule has 4 aliphatic heterocycles. The molecule has 39 heavy (non-hydrogen) atoms. The molecule has 2 N–H and O–H groups in total. The molecule has 3 unspecified atom stereocenters. The molecule has 0 radical (unpaired) electrons. The van der Waals surface area contributed by atoms with Gasteiger partial charge in [-0.2, -0.15) is 0 Å². The fourth-order valence-electron chi connectivity index (χ4n) is 6.87. The number of morpholine rings is 1. The Balaban J connectivity index is 1.51. The van der Waals surface area contributed by atoms with Crippen LogP contribution in [0.15, 0.2) is 43.0 Å². The van der Waals surface area contributed by atoms with Gasteiger partial charge in [0.25, 0.3) is 0 Å². The second-order valence-corrected chi connectivity index (χ2v) is 12.0. The predicted octanol–water partition coefficient (Wildman–Crippen LogP) is 0.769. The van der Waals surface area contributed by atoms with Crippen LogP contribution in [0.4, 0.5) is 0 Å². The Morgan fingerprint density at radius 2 is 1.97 bits per heavy atom. The fourth-order valence-corrected chi connectivity index (χ4v) is 7.81. The zero-order valence-electron chi connectivity index (χ0n) is 21.9. The van der Waals surface area contributed by atoms with Crippen LogP contribution < -0.4 is 0 Å². The van der Waals surface area contributed by atoms with Gasteiger partial charge in [0.1, 0.15) is 11.6 Å². The molecule has 0 saturated carbocycles. The van der Waals surface area contributed by atoms with Crippen molar-refractivity contribution in [3.8, 4) is 0 Å². The number of hydrogen-bond donors (Lipinski definition) is 2. The Morgan fingerprint density at radius 1 is 1.26 bits per heavy atom. The van der Waals surface area contributed by atoms with E-state index in [-0.39, 0.29) is 23.9 Å². The summed E-state index contributed by atoms with van der Waals surface area (Å²) in [6.07, 6.45) is 1.60. The summed E-state index contributed by atoms with van der Waals surface area (Å²) in [7, 11) is 0. The molecule has 0 aromatic heterocycles. The normalized spacial score (nSPS) is 32.7. The largest absolute Gasteiger partial charge is 0.481 e. The molecule has 4 fully saturated rings. The van der Waals surface area contributed by atoms with E-state index < -0.39 is 47.5 Å². The van der Waals surface area contributed by atoms with Crippen LogP contribution in [-0.4, -0.2) is 124 Å². The van der Waals surface area contributed by atoms with E-state index in [0.29, 0.717) is 39.1 Å². The number of aliphatic carboxylic acids is 1. The maximum absolute atomic E-state index is 14.5. The van der Waals surface area contributed by atoms with Crippen LogP contribution in [0.3, 0.4) is 0 Å². The molecule has 1 spiro atoms. The van der Waals surface area contributed by atoms with E-state index >= 15 is 0 Å². The molecule has 212 valence electrons. The molecule has 7 atom stereocenters. The molecule has 5 rings (SSSR count). The van der Waals surface area contributed by atoms with Gasteiger partial charge >= 0.3 is 5.97 Å². The minimum Gasteiger partial charge on any atom is -0.481 e. The van der Waals surface area contributed by atoms with E-state index in [0.717, 1.165) is 18.7 Å². The second-order valence-electron chi connectivity index (χ2n) is 10.8. The third-order valence-electron chi connectivity index (χ3n) is 8.62. The third kappa shape index (κ3) is 5.04. The molecular weight excluding hydrogens is 570 g/mol. The number of nitrogens with zero attached hydrogens (tertiary/aromatic N) is 3. The molecule has 1 aromatic rings. The van der Waals surface area contributed by atoms with Crippen molar-refractivity contribution in [2.45, 2.75) is 41.5 Å². The molecule has 11 heteroatoms. The Kier molecular flexibility index (Phi) is 8.44. The Bertz CT molecular complexity index is 1080. The smallest absolute Gasteiger partial charge is 0.310 e. The molecular formula is C28H36BrN3O7. The van der Waals surface area contributed by atoms with Gasteiger partial charge in [0.2, 0.25) is 11.8 Å². The lowest BCUT2D eigenvalue weighted by molar-refractivity contribution is -0.153. The van der Waals surface area contributed by atoms with Crippen molar-refractivity contribution < 1.29 is 34.1 Å². The molecule has 4 saturated heterocycles. The van der Waals surface area contributed by atoms with Gasteiger partial charge in [0, 0.05) is 37.6 Å². The first-order valence-corrected chi connectivity index (χ1v) is 14.5. The number of ether oxygens (including phenoxy) is 2. The number of carboxylic acids is 1. The van der Waals surface area contributed by atoms with Crippen molar-refractivity contribution in [3.63, 3.8) is 0 Å². The minimum atomic E-state index is -1.29. The highest BCUT2D eigenvalue weighted by molar-refractivity contribution is 9.09. The van der Waals surface area contributed by atoms with Crippen molar-refractivity contribution in [2.75, 3.05) is 52.5 Å². The van der Waals surface area contributed by atoms with Crippen LogP contribution >= 0.6 is 15.9 Å². The van der Waals surface area contributed by atoms with E-state index in [1.165, 1.54) is 4.90 Å². The van der Waals surface area contributed by atoms with Crippen LogP contribution in [0, 0.1) is 11.8 Å². The second kappa shape index (κ2) is 11.7. The zero-order valence-corrected chi connectivity index (χ0v) is 23.4. The highest BCUT2D eigenvalue weighted by Crippen LogP contribution is 2.60. The number of halogens is 1. The minimum absolute atomic E-state index is 0.272. The molecule has 4 aliphatic rings. The van der Waals surface area contributed by atoms with Crippen LogP contribution in [0.25, 0.3) is 0 Å². The lowest BCUT2D eigenvalue weighted by Crippen LogP contribution is -2.60. The summed E-state index contributed by atoms with van der Waals surface area (Å²) in [5, 5.41) is 20.7. The average molecular weight is 607 g/mol. The summed E-state index contributed by atoms with van der Waals surface area (Å²) < 4.78 is 11.8.